The van der Waals surface area contributed by atoms with Crippen molar-refractivity contribution >= 4 is 11.9 Å². The second kappa shape index (κ2) is 7.37. The fourth-order valence-corrected chi connectivity index (χ4v) is 0.755. The molecule has 1 atom stereocenters. The Morgan fingerprint density at radius 2 is 1.29 bits per heavy atom. The molecule has 0 amide bonds. The average molecular weight is 242 g/mol. The normalized spacial score (nSPS) is 11.0. The van der Waals surface area contributed by atoms with Crippen molar-refractivity contribution < 1.29 is 30.0 Å². The number of aromatic carboxylic acids is 2. The quantitative estimate of drug-likeness (QED) is 0.611. The van der Waals surface area contributed by atoms with E-state index < -0.39 is 18.0 Å². The molecule has 1 aromatic rings. The Balaban J connectivity index is 0.000000437. The van der Waals surface area contributed by atoms with E-state index in [1.807, 2.05) is 0 Å². The summed E-state index contributed by atoms with van der Waals surface area (Å²) >= 11 is 0. The Hall–Kier alpha value is -1.92. The van der Waals surface area contributed by atoms with E-state index >= 15 is 0 Å². The topological polar surface area (TPSA) is 115 Å². The third kappa shape index (κ3) is 6.29. The maximum atomic E-state index is 10.3. The summed E-state index contributed by atoms with van der Waals surface area (Å²) in [7, 11) is 0. The minimum atomic E-state index is -1.06. The zero-order valence-electron chi connectivity index (χ0n) is 9.20. The van der Waals surface area contributed by atoms with E-state index in [4.69, 9.17) is 20.4 Å². The van der Waals surface area contributed by atoms with Gasteiger partial charge in [-0.2, -0.15) is 0 Å². The van der Waals surface area contributed by atoms with E-state index in [1.54, 1.807) is 0 Å². The SMILES string of the molecule is CC(O)CO.O=C(O)c1ccc(C(=O)O)cc1. The summed E-state index contributed by atoms with van der Waals surface area (Å²) in [6.45, 7) is 1.39. The molecule has 94 valence electrons. The van der Waals surface area contributed by atoms with Crippen LogP contribution in [0.15, 0.2) is 24.3 Å². The van der Waals surface area contributed by atoms with Crippen LogP contribution in [0.2, 0.25) is 0 Å². The van der Waals surface area contributed by atoms with Gasteiger partial charge in [-0.1, -0.05) is 0 Å². The highest BCUT2D eigenvalue weighted by atomic mass is 16.4. The van der Waals surface area contributed by atoms with Crippen molar-refractivity contribution in [2.24, 2.45) is 0 Å². The van der Waals surface area contributed by atoms with Gasteiger partial charge in [0.25, 0.3) is 0 Å². The fraction of sp³-hybridized carbons (Fsp3) is 0.273. The molecule has 1 aromatic carbocycles. The standard InChI is InChI=1S/C8H6O4.C3H8O2/c9-7(10)5-1-2-6(4-3-5)8(11)12;1-3(5)2-4/h1-4H,(H,9,10)(H,11,12);3-5H,2H2,1H3. The van der Waals surface area contributed by atoms with Crippen molar-refractivity contribution in [1.29, 1.82) is 0 Å². The van der Waals surface area contributed by atoms with Crippen molar-refractivity contribution in [3.63, 3.8) is 0 Å². The second-order valence-corrected chi connectivity index (χ2v) is 3.22. The lowest BCUT2D eigenvalue weighted by atomic mass is 10.1. The van der Waals surface area contributed by atoms with Gasteiger partial charge in [-0.05, 0) is 31.2 Å². The minimum Gasteiger partial charge on any atom is -0.478 e. The van der Waals surface area contributed by atoms with Crippen molar-refractivity contribution in [2.75, 3.05) is 6.61 Å². The number of carboxylic acids is 2. The van der Waals surface area contributed by atoms with E-state index in [2.05, 4.69) is 0 Å². The molecule has 1 unspecified atom stereocenters. The molecule has 0 aliphatic carbocycles. The van der Waals surface area contributed by atoms with Crippen molar-refractivity contribution in [1.82, 2.24) is 0 Å². The van der Waals surface area contributed by atoms with Crippen LogP contribution in [0, 0.1) is 0 Å². The number of aliphatic hydroxyl groups is 2. The van der Waals surface area contributed by atoms with Crippen LogP contribution in [0.1, 0.15) is 27.6 Å². The van der Waals surface area contributed by atoms with Crippen LogP contribution in [0.25, 0.3) is 0 Å². The molecule has 0 fully saturated rings. The number of rotatable bonds is 3. The lowest BCUT2D eigenvalue weighted by Gasteiger charge is -1.94. The van der Waals surface area contributed by atoms with Crippen LogP contribution in [0.4, 0.5) is 0 Å². The Kier molecular flexibility index (Phi) is 6.54. The fourth-order valence-electron chi connectivity index (χ4n) is 0.755. The largest absolute Gasteiger partial charge is 0.478 e. The molecule has 0 saturated heterocycles. The Bertz CT molecular complexity index is 335. The summed E-state index contributed by atoms with van der Waals surface area (Å²) in [6.07, 6.45) is -0.560. The van der Waals surface area contributed by atoms with Gasteiger partial charge in [0.1, 0.15) is 0 Å². The maximum absolute atomic E-state index is 10.3. The van der Waals surface area contributed by atoms with Gasteiger partial charge in [-0.15, -0.1) is 0 Å². The molecule has 1 rings (SSSR count). The molecule has 4 N–H and O–H groups in total. The number of carboxylic acid groups (broad SMARTS) is 2. The molecule has 0 saturated carbocycles. The number of benzene rings is 1. The molecule has 0 aromatic heterocycles. The summed E-state index contributed by atoms with van der Waals surface area (Å²) < 4.78 is 0. The maximum Gasteiger partial charge on any atom is 0.335 e. The first kappa shape index (κ1) is 15.1. The van der Waals surface area contributed by atoms with Crippen molar-refractivity contribution in [3.05, 3.63) is 35.4 Å². The van der Waals surface area contributed by atoms with Gasteiger partial charge in [0, 0.05) is 0 Å². The van der Waals surface area contributed by atoms with Gasteiger partial charge in [0.15, 0.2) is 0 Å². The summed E-state index contributed by atoms with van der Waals surface area (Å²) in [6, 6.07) is 5.02. The van der Waals surface area contributed by atoms with Crippen molar-refractivity contribution in [3.8, 4) is 0 Å². The summed E-state index contributed by atoms with van der Waals surface area (Å²) in [5, 5.41) is 32.9. The first-order valence-electron chi connectivity index (χ1n) is 4.74. The summed E-state index contributed by atoms with van der Waals surface area (Å²) in [5.74, 6) is -2.13. The van der Waals surface area contributed by atoms with Crippen LogP contribution >= 0.6 is 0 Å². The Morgan fingerprint density at radius 3 is 1.41 bits per heavy atom. The highest BCUT2D eigenvalue weighted by molar-refractivity contribution is 5.91. The first-order chi connectivity index (χ1) is 7.88. The van der Waals surface area contributed by atoms with E-state index in [9.17, 15) is 9.59 Å². The lowest BCUT2D eigenvalue weighted by molar-refractivity contribution is 0.0681. The highest BCUT2D eigenvalue weighted by Gasteiger charge is 2.04. The van der Waals surface area contributed by atoms with Crippen LogP contribution in [0.5, 0.6) is 0 Å². The molecule has 6 nitrogen and oxygen atoms in total. The average Bonchev–Trinajstić information content (AvgIpc) is 2.29. The predicted octanol–water partition coefficient (Wildman–Crippen LogP) is 0.443. The van der Waals surface area contributed by atoms with E-state index in [0.717, 1.165) is 0 Å². The molecule has 0 aliphatic heterocycles. The number of carbonyl (C=O) groups is 2. The Labute approximate surface area is 97.8 Å². The second-order valence-electron chi connectivity index (χ2n) is 3.22. The van der Waals surface area contributed by atoms with E-state index in [0.29, 0.717) is 0 Å². The molecule has 0 heterocycles. The predicted molar refractivity (Wildman–Crippen MR) is 59.1 cm³/mol. The third-order valence-electron chi connectivity index (χ3n) is 1.64. The van der Waals surface area contributed by atoms with Gasteiger partial charge in [0.2, 0.25) is 0 Å². The smallest absolute Gasteiger partial charge is 0.335 e. The molecular weight excluding hydrogens is 228 g/mol. The molecule has 0 spiro atoms. The number of hydrogen-bond acceptors (Lipinski definition) is 4. The summed E-state index contributed by atoms with van der Waals surface area (Å²) in [4.78, 5) is 20.7. The molecule has 0 radical (unpaired) electrons. The highest BCUT2D eigenvalue weighted by Crippen LogP contribution is 2.03. The van der Waals surface area contributed by atoms with Gasteiger partial charge >= 0.3 is 11.9 Å². The van der Waals surface area contributed by atoms with Crippen LogP contribution < -0.4 is 0 Å². The van der Waals surface area contributed by atoms with Gasteiger partial charge in [-0.25, -0.2) is 9.59 Å². The molecule has 0 aliphatic rings. The van der Waals surface area contributed by atoms with Crippen molar-refractivity contribution in [2.45, 2.75) is 13.0 Å². The number of hydrogen-bond donors (Lipinski definition) is 4. The molecule has 0 bridgehead atoms. The summed E-state index contributed by atoms with van der Waals surface area (Å²) in [5.41, 5.74) is 0.167. The minimum absolute atomic E-state index is 0.0833. The van der Waals surface area contributed by atoms with Gasteiger partial charge < -0.3 is 20.4 Å². The zero-order chi connectivity index (χ0) is 13.4. The van der Waals surface area contributed by atoms with E-state index in [-0.39, 0.29) is 17.7 Å². The number of aliphatic hydroxyl groups excluding tert-OH is 2. The molecular formula is C11H14O6. The van der Waals surface area contributed by atoms with Crippen LogP contribution in [-0.4, -0.2) is 45.1 Å². The third-order valence-corrected chi connectivity index (χ3v) is 1.64. The van der Waals surface area contributed by atoms with Crippen LogP contribution in [-0.2, 0) is 0 Å². The van der Waals surface area contributed by atoms with E-state index in [1.165, 1.54) is 31.2 Å². The first-order valence-corrected chi connectivity index (χ1v) is 4.74. The monoisotopic (exact) mass is 242 g/mol. The van der Waals surface area contributed by atoms with Crippen LogP contribution in [0.3, 0.4) is 0 Å². The van der Waals surface area contributed by atoms with Gasteiger partial charge in [-0.3, -0.25) is 0 Å². The Morgan fingerprint density at radius 1 is 1.06 bits per heavy atom. The zero-order valence-corrected chi connectivity index (χ0v) is 9.20. The lowest BCUT2D eigenvalue weighted by Crippen LogP contribution is -2.03. The molecule has 17 heavy (non-hydrogen) atoms. The van der Waals surface area contributed by atoms with Gasteiger partial charge in [0.05, 0.1) is 23.8 Å². The molecule has 6 heteroatoms.